The summed E-state index contributed by atoms with van der Waals surface area (Å²) in [7, 11) is 0. The average molecular weight is 277 g/mol. The van der Waals surface area contributed by atoms with Crippen LogP contribution >= 0.6 is 11.8 Å². The molecule has 0 spiro atoms. The Morgan fingerprint density at radius 3 is 2.68 bits per heavy atom. The topological polar surface area (TPSA) is 37.4 Å². The summed E-state index contributed by atoms with van der Waals surface area (Å²) in [6, 6.07) is 5.76. The number of benzene rings is 1. The van der Waals surface area contributed by atoms with Crippen molar-refractivity contribution in [3.63, 3.8) is 0 Å². The van der Waals surface area contributed by atoms with Crippen molar-refractivity contribution in [1.82, 2.24) is 0 Å². The number of aryl methyl sites for hydroxylation is 1. The lowest BCUT2D eigenvalue weighted by molar-refractivity contribution is -0.114. The number of hydrogen-bond acceptors (Lipinski definition) is 3. The van der Waals surface area contributed by atoms with E-state index in [0.29, 0.717) is 12.1 Å². The van der Waals surface area contributed by atoms with E-state index in [4.69, 9.17) is 0 Å². The number of anilines is 1. The highest BCUT2D eigenvalue weighted by Gasteiger charge is 2.35. The van der Waals surface area contributed by atoms with E-state index in [9.17, 15) is 9.59 Å². The van der Waals surface area contributed by atoms with Crippen molar-refractivity contribution in [1.29, 1.82) is 0 Å². The largest absolute Gasteiger partial charge is 0.305 e. The second-order valence-corrected chi connectivity index (χ2v) is 5.94. The first-order valence-electron chi connectivity index (χ1n) is 6.75. The molecule has 0 saturated heterocycles. The summed E-state index contributed by atoms with van der Waals surface area (Å²) in [4.78, 5) is 25.6. The molecule has 0 aliphatic carbocycles. The number of carbonyl (C=O) groups is 2. The second kappa shape index (κ2) is 6.24. The second-order valence-electron chi connectivity index (χ2n) is 4.54. The van der Waals surface area contributed by atoms with Crippen molar-refractivity contribution in [2.24, 2.45) is 0 Å². The Labute approximate surface area is 118 Å². The lowest BCUT2D eigenvalue weighted by Crippen LogP contribution is -2.30. The van der Waals surface area contributed by atoms with Gasteiger partial charge >= 0.3 is 0 Å². The summed E-state index contributed by atoms with van der Waals surface area (Å²) in [6.45, 7) is 4.80. The van der Waals surface area contributed by atoms with Gasteiger partial charge in [0.1, 0.15) is 0 Å². The molecular formula is C15H19NO2S. The van der Waals surface area contributed by atoms with Crippen LogP contribution in [0.3, 0.4) is 0 Å². The molecular weight excluding hydrogens is 258 g/mol. The maximum absolute atomic E-state index is 12.0. The number of Topliss-reactive ketones (excluding diaryl/α,β-unsaturated/α-hetero) is 1. The number of carbonyl (C=O) groups excluding carboxylic acids is 2. The Morgan fingerprint density at radius 2 is 2.00 bits per heavy atom. The Bertz CT molecular complexity index is 499. The first kappa shape index (κ1) is 14.1. The van der Waals surface area contributed by atoms with Crippen LogP contribution in [0.4, 0.5) is 5.69 Å². The molecule has 1 heterocycles. The molecule has 1 aromatic rings. The molecule has 0 bridgehead atoms. The fourth-order valence-electron chi connectivity index (χ4n) is 2.26. The summed E-state index contributed by atoms with van der Waals surface area (Å²) in [5, 5.41) is 0. The first-order valence-corrected chi connectivity index (χ1v) is 7.91. The van der Waals surface area contributed by atoms with E-state index in [1.807, 2.05) is 36.9 Å². The van der Waals surface area contributed by atoms with Gasteiger partial charge in [0.2, 0.25) is 0 Å². The number of hydrogen-bond donors (Lipinski definition) is 0. The minimum absolute atomic E-state index is 0.353. The standard InChI is InChI=1S/C15H19NO2S/c1-3-11-6-7-13-12(10-11)14(17)15(18)16(13)8-5-9-19-4-2/h6-7,10H,3-5,8-9H2,1-2H3. The van der Waals surface area contributed by atoms with E-state index < -0.39 is 0 Å². The molecule has 1 aliphatic rings. The highest BCUT2D eigenvalue weighted by molar-refractivity contribution is 7.99. The lowest BCUT2D eigenvalue weighted by atomic mass is 10.1. The Balaban J connectivity index is 2.15. The van der Waals surface area contributed by atoms with Crippen LogP contribution in [0, 0.1) is 0 Å². The van der Waals surface area contributed by atoms with Crippen molar-refractivity contribution in [2.45, 2.75) is 26.7 Å². The molecule has 0 atom stereocenters. The van der Waals surface area contributed by atoms with Crippen LogP contribution in [-0.4, -0.2) is 29.7 Å². The summed E-state index contributed by atoms with van der Waals surface area (Å²) in [5.41, 5.74) is 2.46. The molecule has 0 N–H and O–H groups in total. The summed E-state index contributed by atoms with van der Waals surface area (Å²) in [5.74, 6) is 1.39. The molecule has 0 unspecified atom stereocenters. The molecule has 1 aliphatic heterocycles. The maximum atomic E-state index is 12.0. The number of nitrogens with zero attached hydrogens (tertiary/aromatic N) is 1. The van der Waals surface area contributed by atoms with Crippen molar-refractivity contribution in [3.8, 4) is 0 Å². The Morgan fingerprint density at radius 1 is 1.21 bits per heavy atom. The third-order valence-corrected chi connectivity index (χ3v) is 4.30. The van der Waals surface area contributed by atoms with Crippen LogP contribution in [0.15, 0.2) is 18.2 Å². The van der Waals surface area contributed by atoms with Gasteiger partial charge in [0.25, 0.3) is 11.7 Å². The molecule has 0 radical (unpaired) electrons. The fraction of sp³-hybridized carbons (Fsp3) is 0.467. The minimum Gasteiger partial charge on any atom is -0.305 e. The summed E-state index contributed by atoms with van der Waals surface area (Å²) in [6.07, 6.45) is 1.80. The van der Waals surface area contributed by atoms with Gasteiger partial charge in [-0.25, -0.2) is 0 Å². The molecule has 19 heavy (non-hydrogen) atoms. The normalized spacial score (nSPS) is 14.1. The maximum Gasteiger partial charge on any atom is 0.299 e. The van der Waals surface area contributed by atoms with Gasteiger partial charge in [0.05, 0.1) is 11.3 Å². The van der Waals surface area contributed by atoms with Gasteiger partial charge in [0, 0.05) is 6.54 Å². The highest BCUT2D eigenvalue weighted by Crippen LogP contribution is 2.30. The predicted octanol–water partition coefficient (Wildman–Crippen LogP) is 2.92. The third-order valence-electron chi connectivity index (χ3n) is 3.32. The van der Waals surface area contributed by atoms with Crippen molar-refractivity contribution >= 4 is 29.1 Å². The van der Waals surface area contributed by atoms with Crippen molar-refractivity contribution in [2.75, 3.05) is 23.0 Å². The molecule has 0 aromatic heterocycles. The van der Waals surface area contributed by atoms with Crippen LogP contribution in [-0.2, 0) is 11.2 Å². The van der Waals surface area contributed by atoms with E-state index in [1.165, 1.54) is 0 Å². The smallest absolute Gasteiger partial charge is 0.299 e. The average Bonchev–Trinajstić information content (AvgIpc) is 2.67. The highest BCUT2D eigenvalue weighted by atomic mass is 32.2. The first-order chi connectivity index (χ1) is 9.19. The molecule has 102 valence electrons. The zero-order valence-electron chi connectivity index (χ0n) is 11.4. The monoisotopic (exact) mass is 277 g/mol. The molecule has 1 amide bonds. The molecule has 4 heteroatoms. The third kappa shape index (κ3) is 2.84. The van der Waals surface area contributed by atoms with E-state index in [-0.39, 0.29) is 11.7 Å². The van der Waals surface area contributed by atoms with Gasteiger partial charge in [-0.2, -0.15) is 11.8 Å². The number of thioether (sulfide) groups is 1. The predicted molar refractivity (Wildman–Crippen MR) is 80.1 cm³/mol. The molecule has 3 nitrogen and oxygen atoms in total. The Kier molecular flexibility index (Phi) is 4.64. The van der Waals surface area contributed by atoms with Crippen LogP contribution in [0.2, 0.25) is 0 Å². The van der Waals surface area contributed by atoms with Crippen molar-refractivity contribution in [3.05, 3.63) is 29.3 Å². The molecule has 0 fully saturated rings. The van der Waals surface area contributed by atoms with Crippen molar-refractivity contribution < 1.29 is 9.59 Å². The molecule has 1 aromatic carbocycles. The zero-order valence-corrected chi connectivity index (χ0v) is 12.3. The number of rotatable bonds is 6. The lowest BCUT2D eigenvalue weighted by Gasteiger charge is -2.16. The molecule has 0 saturated carbocycles. The minimum atomic E-state index is -0.371. The van der Waals surface area contributed by atoms with Crippen LogP contribution in [0.1, 0.15) is 36.2 Å². The Hall–Kier alpha value is -1.29. The number of fused-ring (bicyclic) bond motifs is 1. The van der Waals surface area contributed by atoms with Crippen LogP contribution < -0.4 is 4.90 Å². The summed E-state index contributed by atoms with van der Waals surface area (Å²) >= 11 is 1.86. The number of amides is 1. The van der Waals surface area contributed by atoms with Crippen LogP contribution in [0.5, 0.6) is 0 Å². The zero-order chi connectivity index (χ0) is 13.8. The number of ketones is 1. The SMILES string of the molecule is CCSCCCN1C(=O)C(=O)c2cc(CC)ccc21. The fourth-order valence-corrected chi connectivity index (χ4v) is 2.88. The summed E-state index contributed by atoms with van der Waals surface area (Å²) < 4.78 is 0. The van der Waals surface area contributed by atoms with Gasteiger partial charge in [0.15, 0.2) is 0 Å². The van der Waals surface area contributed by atoms with E-state index >= 15 is 0 Å². The van der Waals surface area contributed by atoms with Gasteiger partial charge < -0.3 is 4.90 Å². The quantitative estimate of drug-likeness (QED) is 0.592. The van der Waals surface area contributed by atoms with Gasteiger partial charge in [-0.05, 0) is 42.0 Å². The van der Waals surface area contributed by atoms with Gasteiger partial charge in [-0.15, -0.1) is 0 Å². The van der Waals surface area contributed by atoms with Gasteiger partial charge in [-0.1, -0.05) is 19.9 Å². The molecule has 2 rings (SSSR count). The van der Waals surface area contributed by atoms with Gasteiger partial charge in [-0.3, -0.25) is 9.59 Å². The van der Waals surface area contributed by atoms with E-state index in [1.54, 1.807) is 4.90 Å². The van der Waals surface area contributed by atoms with E-state index in [2.05, 4.69) is 6.92 Å². The van der Waals surface area contributed by atoms with Crippen LogP contribution in [0.25, 0.3) is 0 Å². The van der Waals surface area contributed by atoms with E-state index in [0.717, 1.165) is 35.6 Å².